The van der Waals surface area contributed by atoms with Crippen molar-refractivity contribution in [2.45, 2.75) is 6.54 Å². The number of aromatic carboxylic acids is 1. The monoisotopic (exact) mass is 492 g/mol. The number of hydrogen-bond acceptors (Lipinski definition) is 4. The molecule has 7 nitrogen and oxygen atoms in total. The molecule has 0 atom stereocenters. The van der Waals surface area contributed by atoms with Crippen molar-refractivity contribution in [2.24, 2.45) is 0 Å². The van der Waals surface area contributed by atoms with Crippen LogP contribution in [-0.2, 0) is 16.6 Å². The van der Waals surface area contributed by atoms with Crippen LogP contribution in [0.4, 0.5) is 11.4 Å². The number of carboxylic acids is 1. The molecular formula is C22H18Cl2N2O5S. The van der Waals surface area contributed by atoms with E-state index in [1.54, 1.807) is 18.2 Å². The Morgan fingerprint density at radius 3 is 1.94 bits per heavy atom. The highest BCUT2D eigenvalue weighted by Crippen LogP contribution is 2.29. The van der Waals surface area contributed by atoms with Crippen LogP contribution in [0, 0.1) is 0 Å². The maximum absolute atomic E-state index is 12.5. The Bertz CT molecular complexity index is 1240. The van der Waals surface area contributed by atoms with E-state index in [0.29, 0.717) is 32.5 Å². The van der Waals surface area contributed by atoms with Crippen LogP contribution in [-0.4, -0.2) is 31.7 Å². The third kappa shape index (κ3) is 5.59. The van der Waals surface area contributed by atoms with Gasteiger partial charge >= 0.3 is 5.97 Å². The highest BCUT2D eigenvalue weighted by molar-refractivity contribution is 7.92. The van der Waals surface area contributed by atoms with Gasteiger partial charge in [-0.15, -0.1) is 0 Å². The van der Waals surface area contributed by atoms with Crippen LogP contribution in [0.5, 0.6) is 0 Å². The summed E-state index contributed by atoms with van der Waals surface area (Å²) in [4.78, 5) is 23.4. The molecule has 0 heterocycles. The molecule has 0 aromatic heterocycles. The van der Waals surface area contributed by atoms with Crippen LogP contribution in [0.15, 0.2) is 66.7 Å². The molecule has 32 heavy (non-hydrogen) atoms. The third-order valence-corrected chi connectivity index (χ3v) is 6.42. The zero-order chi connectivity index (χ0) is 23.5. The number of carbonyl (C=O) groups excluding carboxylic acids is 1. The summed E-state index contributed by atoms with van der Waals surface area (Å²) >= 11 is 12.4. The van der Waals surface area contributed by atoms with Crippen molar-refractivity contribution in [3.63, 3.8) is 0 Å². The number of anilines is 2. The van der Waals surface area contributed by atoms with Crippen LogP contribution in [0.2, 0.25) is 10.0 Å². The molecule has 0 saturated heterocycles. The van der Waals surface area contributed by atoms with Crippen molar-refractivity contribution in [3.8, 4) is 0 Å². The summed E-state index contributed by atoms with van der Waals surface area (Å²) < 4.78 is 26.0. The van der Waals surface area contributed by atoms with Crippen molar-refractivity contribution in [1.82, 2.24) is 0 Å². The van der Waals surface area contributed by atoms with Gasteiger partial charge in [-0.1, -0.05) is 29.3 Å². The van der Waals surface area contributed by atoms with Gasteiger partial charge in [-0.3, -0.25) is 9.10 Å². The second-order valence-corrected chi connectivity index (χ2v) is 9.57. The first-order chi connectivity index (χ1) is 15.1. The summed E-state index contributed by atoms with van der Waals surface area (Å²) in [7, 11) is -3.67. The van der Waals surface area contributed by atoms with Gasteiger partial charge in [0.1, 0.15) is 0 Å². The second-order valence-electron chi connectivity index (χ2n) is 6.85. The van der Waals surface area contributed by atoms with Gasteiger partial charge in [0.25, 0.3) is 5.91 Å². The Labute approximate surface area is 195 Å². The van der Waals surface area contributed by atoms with Gasteiger partial charge in [-0.2, -0.15) is 0 Å². The van der Waals surface area contributed by atoms with Crippen molar-refractivity contribution in [2.75, 3.05) is 15.9 Å². The highest BCUT2D eigenvalue weighted by atomic mass is 35.5. The van der Waals surface area contributed by atoms with Crippen molar-refractivity contribution in [3.05, 3.63) is 93.5 Å². The second kappa shape index (κ2) is 9.60. The Morgan fingerprint density at radius 2 is 1.44 bits per heavy atom. The molecule has 1 amide bonds. The molecule has 0 radical (unpaired) electrons. The molecule has 2 N–H and O–H groups in total. The lowest BCUT2D eigenvalue weighted by Gasteiger charge is -2.23. The summed E-state index contributed by atoms with van der Waals surface area (Å²) in [5.41, 5.74) is 1.63. The highest BCUT2D eigenvalue weighted by Gasteiger charge is 2.21. The maximum atomic E-state index is 12.5. The number of rotatable bonds is 7. The van der Waals surface area contributed by atoms with Gasteiger partial charge < -0.3 is 10.4 Å². The summed E-state index contributed by atoms with van der Waals surface area (Å²) in [6.07, 6.45) is 1.07. The number of benzene rings is 3. The standard InChI is InChI=1S/C22H18Cl2N2O5S/c1-32(30,31)26(13-18-19(23)3-2-4-20(18)24)17-11-7-14(8-12-17)21(27)25-16-9-5-15(6-10-16)22(28)29/h2-12H,13H2,1H3,(H,25,27)(H,28,29). The third-order valence-electron chi connectivity index (χ3n) is 4.57. The van der Waals surface area contributed by atoms with E-state index in [9.17, 15) is 18.0 Å². The van der Waals surface area contributed by atoms with E-state index in [1.807, 2.05) is 0 Å². The number of carbonyl (C=O) groups is 2. The van der Waals surface area contributed by atoms with Crippen LogP contribution >= 0.6 is 23.2 Å². The molecular weight excluding hydrogens is 475 g/mol. The first-order valence-corrected chi connectivity index (χ1v) is 11.8. The lowest BCUT2D eigenvalue weighted by molar-refractivity contribution is 0.0696. The van der Waals surface area contributed by atoms with Crippen LogP contribution in [0.25, 0.3) is 0 Å². The fraction of sp³-hybridized carbons (Fsp3) is 0.0909. The first-order valence-electron chi connectivity index (χ1n) is 9.21. The van der Waals surface area contributed by atoms with Gasteiger partial charge in [0.05, 0.1) is 24.1 Å². The van der Waals surface area contributed by atoms with E-state index in [-0.39, 0.29) is 12.1 Å². The fourth-order valence-electron chi connectivity index (χ4n) is 2.91. The number of nitrogens with one attached hydrogen (secondary N) is 1. The van der Waals surface area contributed by atoms with Gasteiger partial charge in [0.2, 0.25) is 10.0 Å². The molecule has 166 valence electrons. The molecule has 0 unspecified atom stereocenters. The molecule has 0 bridgehead atoms. The van der Waals surface area contributed by atoms with E-state index in [2.05, 4.69) is 5.32 Å². The zero-order valence-electron chi connectivity index (χ0n) is 16.7. The fourth-order valence-corrected chi connectivity index (χ4v) is 4.29. The normalized spacial score (nSPS) is 11.1. The topological polar surface area (TPSA) is 104 Å². The Hall–Kier alpha value is -3.07. The minimum absolute atomic E-state index is 0.0706. The largest absolute Gasteiger partial charge is 0.478 e. The average Bonchev–Trinajstić information content (AvgIpc) is 2.73. The quantitative estimate of drug-likeness (QED) is 0.487. The minimum Gasteiger partial charge on any atom is -0.478 e. The van der Waals surface area contributed by atoms with Gasteiger partial charge in [-0.25, -0.2) is 13.2 Å². The summed E-state index contributed by atoms with van der Waals surface area (Å²) in [5, 5.41) is 12.3. The molecule has 0 aliphatic heterocycles. The van der Waals surface area contributed by atoms with E-state index < -0.39 is 21.9 Å². The Balaban J connectivity index is 1.81. The molecule has 3 aromatic carbocycles. The molecule has 3 aromatic rings. The van der Waals surface area contributed by atoms with E-state index >= 15 is 0 Å². The molecule has 0 saturated carbocycles. The zero-order valence-corrected chi connectivity index (χ0v) is 19.1. The smallest absolute Gasteiger partial charge is 0.335 e. The number of nitrogens with zero attached hydrogens (tertiary/aromatic N) is 1. The number of amides is 1. The lowest BCUT2D eigenvalue weighted by Crippen LogP contribution is -2.29. The van der Waals surface area contributed by atoms with Gasteiger partial charge in [-0.05, 0) is 60.7 Å². The first kappa shape index (κ1) is 23.6. The van der Waals surface area contributed by atoms with Gasteiger partial charge in [0.15, 0.2) is 0 Å². The lowest BCUT2D eigenvalue weighted by atomic mass is 10.1. The summed E-state index contributed by atoms with van der Waals surface area (Å²) in [6.45, 7) is -0.0706. The van der Waals surface area contributed by atoms with Crippen LogP contribution in [0.1, 0.15) is 26.3 Å². The van der Waals surface area contributed by atoms with Crippen molar-refractivity contribution >= 4 is 56.5 Å². The molecule has 0 fully saturated rings. The van der Waals surface area contributed by atoms with E-state index in [4.69, 9.17) is 28.3 Å². The average molecular weight is 493 g/mol. The van der Waals surface area contributed by atoms with Crippen LogP contribution < -0.4 is 9.62 Å². The predicted octanol–water partition coefficient (Wildman–Crippen LogP) is 4.91. The van der Waals surface area contributed by atoms with Crippen molar-refractivity contribution in [1.29, 1.82) is 0 Å². The maximum Gasteiger partial charge on any atom is 0.335 e. The van der Waals surface area contributed by atoms with Gasteiger partial charge in [0, 0.05) is 26.9 Å². The minimum atomic E-state index is -3.67. The van der Waals surface area contributed by atoms with Crippen LogP contribution in [0.3, 0.4) is 0 Å². The molecule has 10 heteroatoms. The molecule has 0 aliphatic carbocycles. The predicted molar refractivity (Wildman–Crippen MR) is 125 cm³/mol. The summed E-state index contributed by atoms with van der Waals surface area (Å²) in [5.74, 6) is -1.49. The Kier molecular flexibility index (Phi) is 7.08. The molecule has 0 aliphatic rings. The summed E-state index contributed by atoms with van der Waals surface area (Å²) in [6, 6.07) is 16.6. The molecule has 0 spiro atoms. The molecule has 3 rings (SSSR count). The number of sulfonamides is 1. The number of carboxylic acid groups (broad SMARTS) is 1. The number of halogens is 2. The Morgan fingerprint density at radius 1 is 0.906 bits per heavy atom. The van der Waals surface area contributed by atoms with Crippen molar-refractivity contribution < 1.29 is 23.1 Å². The van der Waals surface area contributed by atoms with E-state index in [0.717, 1.165) is 10.6 Å². The SMILES string of the molecule is CS(=O)(=O)N(Cc1c(Cl)cccc1Cl)c1ccc(C(=O)Nc2ccc(C(=O)O)cc2)cc1. The number of hydrogen-bond donors (Lipinski definition) is 2. The van der Waals surface area contributed by atoms with E-state index in [1.165, 1.54) is 48.5 Å².